The van der Waals surface area contributed by atoms with E-state index in [-0.39, 0.29) is 18.4 Å². The number of urea groups is 1. The minimum atomic E-state index is -0.341. The van der Waals surface area contributed by atoms with Crippen molar-refractivity contribution in [2.24, 2.45) is 4.99 Å². The molecular weight excluding hydrogens is 335 g/mol. The summed E-state index contributed by atoms with van der Waals surface area (Å²) >= 11 is 6.02. The van der Waals surface area contributed by atoms with E-state index in [0.29, 0.717) is 16.4 Å². The number of para-hydroxylation sites is 1. The highest BCUT2D eigenvalue weighted by Gasteiger charge is 2.10. The van der Waals surface area contributed by atoms with Gasteiger partial charge in [-0.05, 0) is 24.3 Å². The van der Waals surface area contributed by atoms with Gasteiger partial charge in [-0.25, -0.2) is 4.79 Å². The summed E-state index contributed by atoms with van der Waals surface area (Å²) < 4.78 is 0. The number of amides is 2. The molecule has 3 N–H and O–H groups in total. The number of aliphatic imine (C=N–C) groups is 1. The fourth-order valence-corrected chi connectivity index (χ4v) is 2.37. The maximum absolute atomic E-state index is 12.0. The summed E-state index contributed by atoms with van der Waals surface area (Å²) in [6.07, 6.45) is 0. The van der Waals surface area contributed by atoms with Gasteiger partial charge in [-0.15, -0.1) is 12.4 Å². The van der Waals surface area contributed by atoms with Crippen molar-refractivity contribution in [3.63, 3.8) is 0 Å². The van der Waals surface area contributed by atoms with E-state index in [0.717, 1.165) is 24.5 Å². The highest BCUT2D eigenvalue weighted by Crippen LogP contribution is 2.21. The number of amidine groups is 1. The van der Waals surface area contributed by atoms with Crippen LogP contribution in [0.3, 0.4) is 0 Å². The molecule has 7 heteroatoms. The van der Waals surface area contributed by atoms with E-state index in [2.05, 4.69) is 20.9 Å². The number of anilines is 2. The Morgan fingerprint density at radius 1 is 1.13 bits per heavy atom. The average molecular weight is 351 g/mol. The van der Waals surface area contributed by atoms with Crippen molar-refractivity contribution >= 4 is 47.2 Å². The van der Waals surface area contributed by atoms with Gasteiger partial charge in [0, 0.05) is 17.8 Å². The lowest BCUT2D eigenvalue weighted by molar-refractivity contribution is 0.262. The molecule has 0 saturated heterocycles. The third kappa shape index (κ3) is 4.37. The van der Waals surface area contributed by atoms with Gasteiger partial charge in [0.1, 0.15) is 5.84 Å². The number of carbonyl (C=O) groups is 1. The molecule has 0 spiro atoms. The van der Waals surface area contributed by atoms with Crippen molar-refractivity contribution in [1.29, 1.82) is 0 Å². The lowest BCUT2D eigenvalue weighted by Crippen LogP contribution is -2.21. The summed E-state index contributed by atoms with van der Waals surface area (Å²) in [5.41, 5.74) is 2.21. The van der Waals surface area contributed by atoms with Crippen molar-refractivity contribution in [2.75, 3.05) is 23.7 Å². The minimum absolute atomic E-state index is 0. The number of nitrogens with one attached hydrogen (secondary N) is 3. The third-order valence-corrected chi connectivity index (χ3v) is 3.52. The molecule has 1 aliphatic rings. The van der Waals surface area contributed by atoms with Gasteiger partial charge in [0.2, 0.25) is 0 Å². The van der Waals surface area contributed by atoms with Crippen LogP contribution in [0, 0.1) is 0 Å². The average Bonchev–Trinajstić information content (AvgIpc) is 3.04. The summed E-state index contributed by atoms with van der Waals surface area (Å²) in [6, 6.07) is 14.3. The SMILES string of the molecule is Cl.O=C(Nc1cccc(C2=NCCN2)c1)Nc1ccccc1Cl. The standard InChI is InChI=1S/C16H15ClN4O.ClH/c17-13-6-1-2-7-14(13)21-16(22)20-12-5-3-4-11(10-12)15-18-8-9-19-15;/h1-7,10H,8-9H2,(H,18,19)(H2,20,21,22);1H. The van der Waals surface area contributed by atoms with Crippen LogP contribution in [-0.4, -0.2) is 25.0 Å². The van der Waals surface area contributed by atoms with Crippen molar-refractivity contribution in [1.82, 2.24) is 5.32 Å². The lowest BCUT2D eigenvalue weighted by Gasteiger charge is -2.10. The molecule has 23 heavy (non-hydrogen) atoms. The molecule has 0 aromatic heterocycles. The Morgan fingerprint density at radius 3 is 2.70 bits per heavy atom. The highest BCUT2D eigenvalue weighted by molar-refractivity contribution is 6.33. The highest BCUT2D eigenvalue weighted by atomic mass is 35.5. The number of hydrogen-bond acceptors (Lipinski definition) is 3. The second-order valence-electron chi connectivity index (χ2n) is 4.80. The molecule has 0 bridgehead atoms. The van der Waals surface area contributed by atoms with E-state index < -0.39 is 0 Å². The van der Waals surface area contributed by atoms with Gasteiger partial charge in [0.25, 0.3) is 0 Å². The second-order valence-corrected chi connectivity index (χ2v) is 5.20. The van der Waals surface area contributed by atoms with Crippen LogP contribution in [0.25, 0.3) is 0 Å². The zero-order valence-corrected chi connectivity index (χ0v) is 13.7. The normalized spacial score (nSPS) is 12.7. The largest absolute Gasteiger partial charge is 0.368 e. The monoisotopic (exact) mass is 350 g/mol. The first kappa shape index (κ1) is 17.1. The molecule has 0 atom stereocenters. The third-order valence-electron chi connectivity index (χ3n) is 3.19. The molecule has 120 valence electrons. The number of benzene rings is 2. The first-order valence-electron chi connectivity index (χ1n) is 6.94. The van der Waals surface area contributed by atoms with Crippen molar-refractivity contribution in [3.05, 3.63) is 59.1 Å². The fraction of sp³-hybridized carbons (Fsp3) is 0.125. The molecule has 0 aliphatic carbocycles. The maximum Gasteiger partial charge on any atom is 0.323 e. The smallest absolute Gasteiger partial charge is 0.323 e. The molecule has 1 aliphatic heterocycles. The van der Waals surface area contributed by atoms with Crippen LogP contribution >= 0.6 is 24.0 Å². The van der Waals surface area contributed by atoms with Gasteiger partial charge in [-0.1, -0.05) is 35.9 Å². The Kier molecular flexibility index (Phi) is 5.84. The van der Waals surface area contributed by atoms with Crippen LogP contribution in [0.15, 0.2) is 53.5 Å². The zero-order valence-electron chi connectivity index (χ0n) is 12.2. The van der Waals surface area contributed by atoms with E-state index in [1.54, 1.807) is 12.1 Å². The van der Waals surface area contributed by atoms with E-state index >= 15 is 0 Å². The summed E-state index contributed by atoms with van der Waals surface area (Å²) in [5, 5.41) is 9.21. The number of hydrogen-bond donors (Lipinski definition) is 3. The molecule has 0 unspecified atom stereocenters. The Hall–Kier alpha value is -2.24. The van der Waals surface area contributed by atoms with Crippen LogP contribution in [-0.2, 0) is 0 Å². The summed E-state index contributed by atoms with van der Waals surface area (Å²) in [7, 11) is 0. The van der Waals surface area contributed by atoms with Crippen molar-refractivity contribution < 1.29 is 4.79 Å². The summed E-state index contributed by atoms with van der Waals surface area (Å²) in [6.45, 7) is 1.62. The van der Waals surface area contributed by atoms with Crippen LogP contribution < -0.4 is 16.0 Å². The molecule has 0 saturated carbocycles. The lowest BCUT2D eigenvalue weighted by atomic mass is 10.2. The fourth-order valence-electron chi connectivity index (χ4n) is 2.18. The van der Waals surface area contributed by atoms with E-state index in [4.69, 9.17) is 11.6 Å². The molecule has 3 rings (SSSR count). The topological polar surface area (TPSA) is 65.5 Å². The first-order valence-corrected chi connectivity index (χ1v) is 7.31. The molecule has 1 heterocycles. The predicted octanol–water partition coefficient (Wildman–Crippen LogP) is 3.76. The summed E-state index contributed by atoms with van der Waals surface area (Å²) in [5.74, 6) is 0.857. The van der Waals surface area contributed by atoms with Crippen molar-refractivity contribution in [3.8, 4) is 0 Å². The number of rotatable bonds is 3. The van der Waals surface area contributed by atoms with E-state index in [1.165, 1.54) is 0 Å². The Labute approximate surface area is 145 Å². The molecule has 0 radical (unpaired) electrons. The zero-order chi connectivity index (χ0) is 15.4. The van der Waals surface area contributed by atoms with Crippen molar-refractivity contribution in [2.45, 2.75) is 0 Å². The quantitative estimate of drug-likeness (QED) is 0.788. The molecule has 0 fully saturated rings. The van der Waals surface area contributed by atoms with Crippen LogP contribution in [0.5, 0.6) is 0 Å². The van der Waals surface area contributed by atoms with Crippen LogP contribution in [0.2, 0.25) is 5.02 Å². The van der Waals surface area contributed by atoms with Gasteiger partial charge in [0.15, 0.2) is 0 Å². The Balaban J connectivity index is 0.00000192. The van der Waals surface area contributed by atoms with Gasteiger partial charge in [0.05, 0.1) is 17.3 Å². The van der Waals surface area contributed by atoms with Crippen LogP contribution in [0.4, 0.5) is 16.2 Å². The van der Waals surface area contributed by atoms with Gasteiger partial charge in [-0.3, -0.25) is 4.99 Å². The summed E-state index contributed by atoms with van der Waals surface area (Å²) in [4.78, 5) is 16.4. The van der Waals surface area contributed by atoms with Crippen LogP contribution in [0.1, 0.15) is 5.56 Å². The van der Waals surface area contributed by atoms with E-state index in [9.17, 15) is 4.79 Å². The number of halogens is 2. The maximum atomic E-state index is 12.0. The van der Waals surface area contributed by atoms with Gasteiger partial charge in [-0.2, -0.15) is 0 Å². The molecule has 2 amide bonds. The minimum Gasteiger partial charge on any atom is -0.368 e. The number of nitrogens with zero attached hydrogens (tertiary/aromatic N) is 1. The molecule has 5 nitrogen and oxygen atoms in total. The number of carbonyl (C=O) groups excluding carboxylic acids is 1. The second kappa shape index (κ2) is 7.85. The van der Waals surface area contributed by atoms with E-state index in [1.807, 2.05) is 36.4 Å². The van der Waals surface area contributed by atoms with Gasteiger partial charge < -0.3 is 16.0 Å². The first-order chi connectivity index (χ1) is 10.7. The molecular formula is C16H16Cl2N4O. The Bertz CT molecular complexity index is 734. The molecule has 2 aromatic carbocycles. The predicted molar refractivity (Wildman–Crippen MR) is 97.2 cm³/mol. The molecule has 2 aromatic rings. The Morgan fingerprint density at radius 2 is 1.96 bits per heavy atom. The van der Waals surface area contributed by atoms with Gasteiger partial charge >= 0.3 is 6.03 Å².